The van der Waals surface area contributed by atoms with Crippen LogP contribution < -0.4 is 4.74 Å². The second kappa shape index (κ2) is 11.8. The van der Waals surface area contributed by atoms with Crippen LogP contribution in [0.2, 0.25) is 0 Å². The lowest BCUT2D eigenvalue weighted by molar-refractivity contribution is 0.317. The van der Waals surface area contributed by atoms with Crippen LogP contribution in [-0.2, 0) is 6.42 Å². The summed E-state index contributed by atoms with van der Waals surface area (Å²) >= 11 is 0. The number of hydrogen-bond acceptors (Lipinski definition) is 1. The van der Waals surface area contributed by atoms with Crippen LogP contribution in [0, 0.1) is 11.8 Å². The highest BCUT2D eigenvalue weighted by atomic mass is 16.5. The van der Waals surface area contributed by atoms with E-state index in [0.717, 1.165) is 30.8 Å². The molecule has 0 aromatic heterocycles. The molecule has 0 bridgehead atoms. The van der Waals surface area contributed by atoms with Crippen LogP contribution in [0.15, 0.2) is 60.7 Å². The van der Waals surface area contributed by atoms with Crippen molar-refractivity contribution in [3.05, 3.63) is 77.4 Å². The van der Waals surface area contributed by atoms with Crippen LogP contribution in [0.25, 0.3) is 12.2 Å². The molecule has 0 saturated carbocycles. The van der Waals surface area contributed by atoms with Gasteiger partial charge in [0.25, 0.3) is 0 Å². The zero-order valence-electron chi connectivity index (χ0n) is 15.9. The summed E-state index contributed by atoms with van der Waals surface area (Å²) in [4.78, 5) is 0. The summed E-state index contributed by atoms with van der Waals surface area (Å²) in [5, 5.41) is 0. The van der Waals surface area contributed by atoms with E-state index < -0.39 is 0 Å². The van der Waals surface area contributed by atoms with Gasteiger partial charge in [0, 0.05) is 0 Å². The predicted molar refractivity (Wildman–Crippen MR) is 113 cm³/mol. The standard InChI is InChI=1S/C25H28O/c1-3-5-10-22-13-15-23(16-14-22)11-8-6-7-9-12-24-17-19-25(20-18-24)26-21-4-2/h8-9,11-20H,3-5,10,21H2,1-2H3. The first kappa shape index (κ1) is 19.6. The van der Waals surface area contributed by atoms with Gasteiger partial charge in [0.05, 0.1) is 6.61 Å². The van der Waals surface area contributed by atoms with Crippen LogP contribution in [0.5, 0.6) is 5.75 Å². The van der Waals surface area contributed by atoms with Gasteiger partial charge in [0.1, 0.15) is 5.75 Å². The summed E-state index contributed by atoms with van der Waals surface area (Å²) < 4.78 is 5.58. The molecule has 26 heavy (non-hydrogen) atoms. The molecule has 0 aliphatic heterocycles. The third-order valence-electron chi connectivity index (χ3n) is 3.95. The number of benzene rings is 2. The average molecular weight is 344 g/mol. The SMILES string of the molecule is CCCCc1ccc(C=CC#CC=Cc2ccc(OCCC)cc2)cc1. The van der Waals surface area contributed by atoms with Crippen molar-refractivity contribution in [1.82, 2.24) is 0 Å². The fraction of sp³-hybridized carbons (Fsp3) is 0.280. The number of unbranched alkanes of at least 4 members (excludes halogenated alkanes) is 1. The molecule has 1 heteroatoms. The Morgan fingerprint density at radius 2 is 1.35 bits per heavy atom. The molecule has 2 aromatic rings. The van der Waals surface area contributed by atoms with Gasteiger partial charge in [-0.1, -0.05) is 68.5 Å². The van der Waals surface area contributed by atoms with Crippen LogP contribution >= 0.6 is 0 Å². The molecule has 0 amide bonds. The van der Waals surface area contributed by atoms with Crippen molar-refractivity contribution in [2.75, 3.05) is 6.61 Å². The van der Waals surface area contributed by atoms with E-state index in [1.54, 1.807) is 0 Å². The maximum Gasteiger partial charge on any atom is 0.119 e. The highest BCUT2D eigenvalue weighted by Crippen LogP contribution is 2.13. The van der Waals surface area contributed by atoms with E-state index in [-0.39, 0.29) is 0 Å². The number of ether oxygens (including phenoxy) is 1. The minimum absolute atomic E-state index is 0.758. The van der Waals surface area contributed by atoms with Crippen LogP contribution in [0.1, 0.15) is 49.8 Å². The maximum absolute atomic E-state index is 5.58. The lowest BCUT2D eigenvalue weighted by atomic mass is 10.1. The van der Waals surface area contributed by atoms with E-state index in [1.165, 1.54) is 24.0 Å². The van der Waals surface area contributed by atoms with E-state index >= 15 is 0 Å². The molecule has 0 aliphatic carbocycles. The molecule has 1 nitrogen and oxygen atoms in total. The zero-order chi connectivity index (χ0) is 18.5. The van der Waals surface area contributed by atoms with E-state index in [1.807, 2.05) is 48.6 Å². The summed E-state index contributed by atoms with van der Waals surface area (Å²) in [5.74, 6) is 7.01. The molecule has 0 N–H and O–H groups in total. The van der Waals surface area contributed by atoms with Gasteiger partial charge >= 0.3 is 0 Å². The minimum Gasteiger partial charge on any atom is -0.494 e. The molecule has 0 fully saturated rings. The van der Waals surface area contributed by atoms with Gasteiger partial charge in [0.15, 0.2) is 0 Å². The average Bonchev–Trinajstić information content (AvgIpc) is 2.69. The smallest absolute Gasteiger partial charge is 0.119 e. The van der Waals surface area contributed by atoms with Gasteiger partial charge in [-0.2, -0.15) is 0 Å². The van der Waals surface area contributed by atoms with Gasteiger partial charge in [-0.05, 0) is 72.4 Å². The topological polar surface area (TPSA) is 9.23 Å². The summed E-state index contributed by atoms with van der Waals surface area (Å²) in [6.45, 7) is 5.09. The molecule has 2 rings (SSSR count). The molecule has 2 aromatic carbocycles. The van der Waals surface area contributed by atoms with Crippen molar-refractivity contribution in [3.63, 3.8) is 0 Å². The second-order valence-electron chi connectivity index (χ2n) is 6.22. The molecular weight excluding hydrogens is 316 g/mol. The Morgan fingerprint density at radius 3 is 1.88 bits per heavy atom. The Labute approximate surface area is 158 Å². The molecule has 0 unspecified atom stereocenters. The largest absolute Gasteiger partial charge is 0.494 e. The van der Waals surface area contributed by atoms with E-state index in [4.69, 9.17) is 4.74 Å². The minimum atomic E-state index is 0.758. The normalized spacial score (nSPS) is 10.8. The lowest BCUT2D eigenvalue weighted by Gasteiger charge is -2.03. The maximum atomic E-state index is 5.58. The van der Waals surface area contributed by atoms with Gasteiger partial charge < -0.3 is 4.74 Å². The van der Waals surface area contributed by atoms with E-state index in [9.17, 15) is 0 Å². The Morgan fingerprint density at radius 1 is 0.769 bits per heavy atom. The van der Waals surface area contributed by atoms with Gasteiger partial charge in [0.2, 0.25) is 0 Å². The third-order valence-corrected chi connectivity index (χ3v) is 3.95. The molecule has 0 radical (unpaired) electrons. The highest BCUT2D eigenvalue weighted by molar-refractivity contribution is 5.56. The Hall–Kier alpha value is -2.72. The summed E-state index contributed by atoms with van der Waals surface area (Å²) in [5.41, 5.74) is 3.71. The lowest BCUT2D eigenvalue weighted by Crippen LogP contribution is -1.94. The quantitative estimate of drug-likeness (QED) is 0.493. The predicted octanol–water partition coefficient (Wildman–Crippen LogP) is 6.55. The molecule has 0 aliphatic rings. The van der Waals surface area contributed by atoms with Gasteiger partial charge in [-0.15, -0.1) is 0 Å². The van der Waals surface area contributed by atoms with Crippen molar-refractivity contribution in [1.29, 1.82) is 0 Å². The van der Waals surface area contributed by atoms with Crippen molar-refractivity contribution in [2.24, 2.45) is 0 Å². The first-order valence-corrected chi connectivity index (χ1v) is 9.47. The molecular formula is C25H28O. The van der Waals surface area contributed by atoms with Crippen molar-refractivity contribution in [3.8, 4) is 17.6 Å². The number of allylic oxidation sites excluding steroid dienone is 2. The van der Waals surface area contributed by atoms with Gasteiger partial charge in [-0.25, -0.2) is 0 Å². The summed E-state index contributed by atoms with van der Waals surface area (Å²) in [6, 6.07) is 16.8. The molecule has 0 spiro atoms. The van der Waals surface area contributed by atoms with Crippen LogP contribution in [-0.4, -0.2) is 6.61 Å². The Balaban J connectivity index is 1.81. The molecule has 0 saturated heterocycles. The van der Waals surface area contributed by atoms with Gasteiger partial charge in [-0.3, -0.25) is 0 Å². The third kappa shape index (κ3) is 7.45. The highest BCUT2D eigenvalue weighted by Gasteiger charge is 1.92. The fourth-order valence-corrected chi connectivity index (χ4v) is 2.44. The van der Waals surface area contributed by atoms with Crippen molar-refractivity contribution in [2.45, 2.75) is 39.5 Å². The van der Waals surface area contributed by atoms with Crippen molar-refractivity contribution < 1.29 is 4.74 Å². The molecule has 0 atom stereocenters. The Kier molecular flexibility index (Phi) is 8.87. The second-order valence-corrected chi connectivity index (χ2v) is 6.22. The fourth-order valence-electron chi connectivity index (χ4n) is 2.44. The van der Waals surface area contributed by atoms with Crippen molar-refractivity contribution >= 4 is 12.2 Å². The number of aryl methyl sites for hydroxylation is 1. The summed E-state index contributed by atoms with van der Waals surface area (Å²) in [6.07, 6.45) is 12.5. The van der Waals surface area contributed by atoms with E-state index in [2.05, 4.69) is 50.0 Å². The Bertz CT molecular complexity index is 687. The van der Waals surface area contributed by atoms with Crippen LogP contribution in [0.4, 0.5) is 0 Å². The molecule has 0 heterocycles. The monoisotopic (exact) mass is 344 g/mol. The number of hydrogen-bond donors (Lipinski definition) is 0. The number of rotatable bonds is 8. The molecule has 134 valence electrons. The summed E-state index contributed by atoms with van der Waals surface area (Å²) in [7, 11) is 0. The zero-order valence-corrected chi connectivity index (χ0v) is 15.9. The van der Waals surface area contributed by atoms with E-state index in [0.29, 0.717) is 0 Å². The first-order chi connectivity index (χ1) is 12.8. The first-order valence-electron chi connectivity index (χ1n) is 9.47. The van der Waals surface area contributed by atoms with Crippen LogP contribution in [0.3, 0.4) is 0 Å².